The lowest BCUT2D eigenvalue weighted by atomic mass is 10.2. The van der Waals surface area contributed by atoms with Crippen LogP contribution in [0.4, 0.5) is 4.79 Å². The molecule has 0 spiro atoms. The van der Waals surface area contributed by atoms with Gasteiger partial charge in [-0.25, -0.2) is 4.79 Å². The number of hydrogen-bond acceptors (Lipinski definition) is 5. The van der Waals surface area contributed by atoms with Crippen molar-refractivity contribution in [2.45, 2.75) is 13.0 Å². The standard InChI is InChI=1S/C14H22N2O4/c1-11-4-5-12(20-11)13-10-16(6-8-18-13)7-9-19-14(17)15(2)3/h4-5,13H,6-10H2,1-3H3/t13-/m0/s1. The SMILES string of the molecule is Cc1ccc([C@@H]2CN(CCOC(=O)N(C)C)CCO2)o1. The van der Waals surface area contributed by atoms with E-state index in [0.29, 0.717) is 19.8 Å². The van der Waals surface area contributed by atoms with E-state index < -0.39 is 0 Å². The molecule has 0 radical (unpaired) electrons. The van der Waals surface area contributed by atoms with Gasteiger partial charge in [-0.2, -0.15) is 0 Å². The molecule has 0 aliphatic carbocycles. The van der Waals surface area contributed by atoms with Crippen LogP contribution < -0.4 is 0 Å². The number of furan rings is 1. The first-order chi connectivity index (χ1) is 9.56. The zero-order chi connectivity index (χ0) is 14.5. The number of carbonyl (C=O) groups is 1. The first kappa shape index (κ1) is 14.9. The molecule has 6 nitrogen and oxygen atoms in total. The molecular formula is C14H22N2O4. The van der Waals surface area contributed by atoms with Gasteiger partial charge in [-0.15, -0.1) is 0 Å². The highest BCUT2D eigenvalue weighted by molar-refractivity contribution is 5.66. The van der Waals surface area contributed by atoms with Crippen LogP contribution in [0.25, 0.3) is 0 Å². The van der Waals surface area contributed by atoms with E-state index in [1.54, 1.807) is 14.1 Å². The molecule has 112 valence electrons. The zero-order valence-corrected chi connectivity index (χ0v) is 12.3. The first-order valence-corrected chi connectivity index (χ1v) is 6.80. The monoisotopic (exact) mass is 282 g/mol. The van der Waals surface area contributed by atoms with Crippen LogP contribution in [-0.2, 0) is 9.47 Å². The molecule has 1 aromatic heterocycles. The number of aryl methyl sites for hydroxylation is 1. The van der Waals surface area contributed by atoms with Crippen LogP contribution in [0.5, 0.6) is 0 Å². The van der Waals surface area contributed by atoms with Crippen LogP contribution in [0.2, 0.25) is 0 Å². The molecule has 0 unspecified atom stereocenters. The molecular weight excluding hydrogens is 260 g/mol. The fraction of sp³-hybridized carbons (Fsp3) is 0.643. The minimum atomic E-state index is -0.309. The number of ether oxygens (including phenoxy) is 2. The number of carbonyl (C=O) groups excluding carboxylic acids is 1. The summed E-state index contributed by atoms with van der Waals surface area (Å²) in [5, 5.41) is 0. The van der Waals surface area contributed by atoms with Crippen LogP contribution in [-0.4, -0.2) is 62.8 Å². The molecule has 1 fully saturated rings. The molecule has 6 heteroatoms. The minimum absolute atomic E-state index is 0.0398. The Morgan fingerprint density at radius 1 is 1.50 bits per heavy atom. The molecule has 20 heavy (non-hydrogen) atoms. The van der Waals surface area contributed by atoms with Crippen molar-refractivity contribution >= 4 is 6.09 Å². The van der Waals surface area contributed by atoms with Crippen LogP contribution in [0.1, 0.15) is 17.6 Å². The van der Waals surface area contributed by atoms with Gasteiger partial charge >= 0.3 is 6.09 Å². The van der Waals surface area contributed by atoms with Crippen LogP contribution in [0, 0.1) is 6.92 Å². The summed E-state index contributed by atoms with van der Waals surface area (Å²) in [4.78, 5) is 15.0. The van der Waals surface area contributed by atoms with Crippen molar-refractivity contribution in [3.63, 3.8) is 0 Å². The average molecular weight is 282 g/mol. The van der Waals surface area contributed by atoms with Gasteiger partial charge < -0.3 is 18.8 Å². The van der Waals surface area contributed by atoms with E-state index >= 15 is 0 Å². The quantitative estimate of drug-likeness (QED) is 0.840. The normalized spacial score (nSPS) is 19.9. The van der Waals surface area contributed by atoms with Crippen molar-refractivity contribution < 1.29 is 18.7 Å². The van der Waals surface area contributed by atoms with Crippen molar-refractivity contribution in [1.82, 2.24) is 9.80 Å². The third kappa shape index (κ3) is 3.98. The van der Waals surface area contributed by atoms with Crippen LogP contribution >= 0.6 is 0 Å². The number of morpholine rings is 1. The molecule has 1 aliphatic rings. The molecule has 1 atom stereocenters. The van der Waals surface area contributed by atoms with E-state index in [4.69, 9.17) is 13.9 Å². The summed E-state index contributed by atoms with van der Waals surface area (Å²) in [6.45, 7) is 5.28. The maximum absolute atomic E-state index is 11.3. The molecule has 0 bridgehead atoms. The van der Waals surface area contributed by atoms with Crippen molar-refractivity contribution in [3.05, 3.63) is 23.7 Å². The van der Waals surface area contributed by atoms with Gasteiger partial charge in [0.15, 0.2) is 0 Å². The van der Waals surface area contributed by atoms with Gasteiger partial charge in [0.25, 0.3) is 0 Å². The lowest BCUT2D eigenvalue weighted by Crippen LogP contribution is -2.40. The highest BCUT2D eigenvalue weighted by atomic mass is 16.6. The topological polar surface area (TPSA) is 55.2 Å². The Hall–Kier alpha value is -1.53. The molecule has 2 heterocycles. The van der Waals surface area contributed by atoms with E-state index in [2.05, 4.69) is 4.90 Å². The van der Waals surface area contributed by atoms with Gasteiger partial charge in [0.1, 0.15) is 24.2 Å². The molecule has 0 aromatic carbocycles. The zero-order valence-electron chi connectivity index (χ0n) is 12.3. The fourth-order valence-corrected chi connectivity index (χ4v) is 2.10. The Labute approximate surface area is 119 Å². The van der Waals surface area contributed by atoms with Crippen molar-refractivity contribution in [3.8, 4) is 0 Å². The van der Waals surface area contributed by atoms with Crippen molar-refractivity contribution in [2.24, 2.45) is 0 Å². The Morgan fingerprint density at radius 3 is 2.95 bits per heavy atom. The fourth-order valence-electron chi connectivity index (χ4n) is 2.10. The second kappa shape index (κ2) is 6.76. The van der Waals surface area contributed by atoms with E-state index in [0.717, 1.165) is 24.6 Å². The largest absolute Gasteiger partial charge is 0.464 e. The van der Waals surface area contributed by atoms with E-state index in [1.165, 1.54) is 4.90 Å². The van der Waals surface area contributed by atoms with Gasteiger partial charge in [0, 0.05) is 33.7 Å². The average Bonchev–Trinajstić information content (AvgIpc) is 2.85. The maximum Gasteiger partial charge on any atom is 0.409 e. The van der Waals surface area contributed by atoms with Gasteiger partial charge in [-0.3, -0.25) is 4.90 Å². The number of hydrogen-bond donors (Lipinski definition) is 0. The minimum Gasteiger partial charge on any atom is -0.464 e. The highest BCUT2D eigenvalue weighted by Crippen LogP contribution is 2.23. The van der Waals surface area contributed by atoms with Gasteiger partial charge in [0.05, 0.1) is 6.61 Å². The molecule has 0 N–H and O–H groups in total. The summed E-state index contributed by atoms with van der Waals surface area (Å²) in [6.07, 6.45) is -0.349. The molecule has 0 saturated carbocycles. The van der Waals surface area contributed by atoms with Gasteiger partial charge in [-0.05, 0) is 19.1 Å². The van der Waals surface area contributed by atoms with Gasteiger partial charge in [-0.1, -0.05) is 0 Å². The second-order valence-electron chi connectivity index (χ2n) is 5.12. The number of amides is 1. The predicted molar refractivity (Wildman–Crippen MR) is 73.6 cm³/mol. The van der Waals surface area contributed by atoms with Gasteiger partial charge in [0.2, 0.25) is 0 Å². The molecule has 1 aromatic rings. The summed E-state index contributed by atoms with van der Waals surface area (Å²) in [7, 11) is 3.35. The Balaban J connectivity index is 1.77. The summed E-state index contributed by atoms with van der Waals surface area (Å²) in [6, 6.07) is 3.89. The summed E-state index contributed by atoms with van der Waals surface area (Å²) in [5.41, 5.74) is 0. The number of nitrogens with zero attached hydrogens (tertiary/aromatic N) is 2. The molecule has 1 saturated heterocycles. The van der Waals surface area contributed by atoms with Crippen molar-refractivity contribution in [1.29, 1.82) is 0 Å². The van der Waals surface area contributed by atoms with Crippen LogP contribution in [0.3, 0.4) is 0 Å². The Bertz CT molecular complexity index is 444. The third-order valence-electron chi connectivity index (χ3n) is 3.23. The summed E-state index contributed by atoms with van der Waals surface area (Å²) in [5.74, 6) is 1.75. The number of rotatable bonds is 4. The van der Waals surface area contributed by atoms with Crippen molar-refractivity contribution in [2.75, 3.05) is 46.9 Å². The Morgan fingerprint density at radius 2 is 2.30 bits per heavy atom. The van der Waals surface area contributed by atoms with E-state index in [-0.39, 0.29) is 12.2 Å². The summed E-state index contributed by atoms with van der Waals surface area (Å²) < 4.78 is 16.5. The predicted octanol–water partition coefficient (Wildman–Crippen LogP) is 1.66. The second-order valence-corrected chi connectivity index (χ2v) is 5.12. The Kier molecular flexibility index (Phi) is 5.03. The highest BCUT2D eigenvalue weighted by Gasteiger charge is 2.24. The van der Waals surface area contributed by atoms with E-state index in [1.807, 2.05) is 19.1 Å². The maximum atomic E-state index is 11.3. The first-order valence-electron chi connectivity index (χ1n) is 6.80. The van der Waals surface area contributed by atoms with E-state index in [9.17, 15) is 4.79 Å². The summed E-state index contributed by atoms with van der Waals surface area (Å²) >= 11 is 0. The lowest BCUT2D eigenvalue weighted by Gasteiger charge is -2.31. The molecule has 1 amide bonds. The molecule has 1 aliphatic heterocycles. The molecule has 2 rings (SSSR count). The van der Waals surface area contributed by atoms with Crippen LogP contribution in [0.15, 0.2) is 16.5 Å². The third-order valence-corrected chi connectivity index (χ3v) is 3.23. The lowest BCUT2D eigenvalue weighted by molar-refractivity contribution is -0.0446. The smallest absolute Gasteiger partial charge is 0.409 e.